The number of aromatic hydroxyl groups is 1. The number of phenols is 1. The van der Waals surface area contributed by atoms with Crippen LogP contribution in [0.3, 0.4) is 0 Å². The molecule has 1 unspecified atom stereocenters. The largest absolute Gasteiger partial charge is 0.508 e. The molecule has 1 atom stereocenters. The molecule has 0 radical (unpaired) electrons. The summed E-state index contributed by atoms with van der Waals surface area (Å²) in [6, 6.07) is 7.67. The summed E-state index contributed by atoms with van der Waals surface area (Å²) < 4.78 is 0. The fraction of sp³-hybridized carbons (Fsp3) is 0.600. The highest BCUT2D eigenvalue weighted by atomic mass is 16.3. The average molecular weight is 220 g/mol. The molecule has 1 aromatic carbocycles. The maximum Gasteiger partial charge on any atom is 0.115 e. The standard InChI is InChI=1S/C15H24O/c1-5-7-12(6-2)15(3,4)13-8-10-14(16)11-9-13/h8-12,16H,5-7H2,1-4H3. The minimum Gasteiger partial charge on any atom is -0.508 e. The quantitative estimate of drug-likeness (QED) is 0.774. The van der Waals surface area contributed by atoms with Crippen molar-refractivity contribution in [3.8, 4) is 5.75 Å². The summed E-state index contributed by atoms with van der Waals surface area (Å²) >= 11 is 0. The van der Waals surface area contributed by atoms with Gasteiger partial charge < -0.3 is 5.11 Å². The van der Waals surface area contributed by atoms with Gasteiger partial charge in [0.05, 0.1) is 0 Å². The van der Waals surface area contributed by atoms with Crippen molar-refractivity contribution in [3.63, 3.8) is 0 Å². The summed E-state index contributed by atoms with van der Waals surface area (Å²) in [5.74, 6) is 1.06. The fourth-order valence-electron chi connectivity index (χ4n) is 2.55. The monoisotopic (exact) mass is 220 g/mol. The third-order valence-electron chi connectivity index (χ3n) is 3.76. The van der Waals surface area contributed by atoms with Gasteiger partial charge in [0.1, 0.15) is 5.75 Å². The topological polar surface area (TPSA) is 20.2 Å². The lowest BCUT2D eigenvalue weighted by atomic mass is 9.70. The summed E-state index contributed by atoms with van der Waals surface area (Å²) in [4.78, 5) is 0. The molecule has 1 heteroatoms. The number of hydrogen-bond donors (Lipinski definition) is 1. The van der Waals surface area contributed by atoms with Crippen LogP contribution in [0.15, 0.2) is 24.3 Å². The van der Waals surface area contributed by atoms with Crippen molar-refractivity contribution in [2.24, 2.45) is 5.92 Å². The van der Waals surface area contributed by atoms with Crippen molar-refractivity contribution in [1.82, 2.24) is 0 Å². The Labute approximate surface area is 99.5 Å². The van der Waals surface area contributed by atoms with E-state index >= 15 is 0 Å². The lowest BCUT2D eigenvalue weighted by Gasteiger charge is -2.34. The van der Waals surface area contributed by atoms with E-state index in [-0.39, 0.29) is 5.41 Å². The molecule has 1 aromatic rings. The molecule has 0 spiro atoms. The zero-order valence-electron chi connectivity index (χ0n) is 11.0. The zero-order chi connectivity index (χ0) is 12.2. The second-order valence-electron chi connectivity index (χ2n) is 5.16. The van der Waals surface area contributed by atoms with Crippen LogP contribution in [-0.2, 0) is 5.41 Å². The molecule has 1 nitrogen and oxygen atoms in total. The van der Waals surface area contributed by atoms with Crippen molar-refractivity contribution in [3.05, 3.63) is 29.8 Å². The first-order chi connectivity index (χ1) is 7.52. The lowest BCUT2D eigenvalue weighted by Crippen LogP contribution is -2.28. The third kappa shape index (κ3) is 2.78. The summed E-state index contributed by atoms with van der Waals surface area (Å²) in [6.45, 7) is 9.13. The number of phenolic OH excluding ortho intramolecular Hbond substituents is 1. The molecule has 0 saturated heterocycles. The second-order valence-corrected chi connectivity index (χ2v) is 5.16. The van der Waals surface area contributed by atoms with Gasteiger partial charge in [-0.05, 0) is 35.4 Å². The molecule has 90 valence electrons. The zero-order valence-corrected chi connectivity index (χ0v) is 11.0. The molecule has 0 aliphatic rings. The molecule has 0 bridgehead atoms. The molecule has 1 rings (SSSR count). The fourth-order valence-corrected chi connectivity index (χ4v) is 2.55. The second kappa shape index (κ2) is 5.38. The van der Waals surface area contributed by atoms with Gasteiger partial charge in [0, 0.05) is 0 Å². The Bertz CT molecular complexity index is 311. The van der Waals surface area contributed by atoms with Crippen LogP contribution < -0.4 is 0 Å². The number of rotatable bonds is 5. The molecule has 0 aliphatic heterocycles. The first kappa shape index (κ1) is 13.1. The van der Waals surface area contributed by atoms with Gasteiger partial charge in [0.2, 0.25) is 0 Å². The van der Waals surface area contributed by atoms with Gasteiger partial charge in [-0.2, -0.15) is 0 Å². The average Bonchev–Trinajstić information content (AvgIpc) is 2.26. The highest BCUT2D eigenvalue weighted by Gasteiger charge is 2.29. The van der Waals surface area contributed by atoms with E-state index in [0.29, 0.717) is 11.7 Å². The van der Waals surface area contributed by atoms with Gasteiger partial charge in [0.15, 0.2) is 0 Å². The maximum absolute atomic E-state index is 9.32. The van der Waals surface area contributed by atoms with Crippen LogP contribution in [0.1, 0.15) is 52.5 Å². The molecule has 0 aromatic heterocycles. The van der Waals surface area contributed by atoms with E-state index in [1.54, 1.807) is 12.1 Å². The molecule has 0 saturated carbocycles. The summed E-state index contributed by atoms with van der Waals surface area (Å²) in [7, 11) is 0. The van der Waals surface area contributed by atoms with E-state index in [0.717, 1.165) is 0 Å². The lowest BCUT2D eigenvalue weighted by molar-refractivity contribution is 0.287. The molecule has 16 heavy (non-hydrogen) atoms. The van der Waals surface area contributed by atoms with Crippen LogP contribution >= 0.6 is 0 Å². The van der Waals surface area contributed by atoms with Crippen LogP contribution in [0.2, 0.25) is 0 Å². The molecule has 0 fully saturated rings. The number of hydrogen-bond acceptors (Lipinski definition) is 1. The van der Waals surface area contributed by atoms with Gasteiger partial charge >= 0.3 is 0 Å². The summed E-state index contributed by atoms with van der Waals surface area (Å²) in [5, 5.41) is 9.32. The predicted molar refractivity (Wildman–Crippen MR) is 69.8 cm³/mol. The highest BCUT2D eigenvalue weighted by molar-refractivity contribution is 5.31. The van der Waals surface area contributed by atoms with Crippen LogP contribution in [0, 0.1) is 5.92 Å². The van der Waals surface area contributed by atoms with Gasteiger partial charge in [-0.15, -0.1) is 0 Å². The Morgan fingerprint density at radius 1 is 1.12 bits per heavy atom. The Morgan fingerprint density at radius 2 is 1.69 bits per heavy atom. The Kier molecular flexibility index (Phi) is 4.40. The highest BCUT2D eigenvalue weighted by Crippen LogP contribution is 2.37. The van der Waals surface area contributed by atoms with Crippen molar-refractivity contribution >= 4 is 0 Å². The Balaban J connectivity index is 2.94. The Morgan fingerprint density at radius 3 is 2.12 bits per heavy atom. The minimum absolute atomic E-state index is 0.193. The van der Waals surface area contributed by atoms with Crippen LogP contribution in [-0.4, -0.2) is 5.11 Å². The van der Waals surface area contributed by atoms with E-state index in [9.17, 15) is 5.11 Å². The molecule has 0 heterocycles. The van der Waals surface area contributed by atoms with Crippen molar-refractivity contribution in [2.45, 2.75) is 52.4 Å². The SMILES string of the molecule is CCCC(CC)C(C)(C)c1ccc(O)cc1. The predicted octanol–water partition coefficient (Wildman–Crippen LogP) is 4.50. The third-order valence-corrected chi connectivity index (χ3v) is 3.76. The van der Waals surface area contributed by atoms with Crippen molar-refractivity contribution in [2.75, 3.05) is 0 Å². The van der Waals surface area contributed by atoms with Crippen LogP contribution in [0.5, 0.6) is 5.75 Å². The van der Waals surface area contributed by atoms with E-state index in [1.165, 1.54) is 24.8 Å². The van der Waals surface area contributed by atoms with Gasteiger partial charge in [-0.25, -0.2) is 0 Å². The Hall–Kier alpha value is -0.980. The van der Waals surface area contributed by atoms with Crippen molar-refractivity contribution in [1.29, 1.82) is 0 Å². The van der Waals surface area contributed by atoms with E-state index in [2.05, 4.69) is 27.7 Å². The normalized spacial score (nSPS) is 13.8. The van der Waals surface area contributed by atoms with Crippen LogP contribution in [0.4, 0.5) is 0 Å². The van der Waals surface area contributed by atoms with Gasteiger partial charge in [-0.1, -0.05) is 52.7 Å². The van der Waals surface area contributed by atoms with Crippen LogP contribution in [0.25, 0.3) is 0 Å². The first-order valence-electron chi connectivity index (χ1n) is 6.31. The van der Waals surface area contributed by atoms with Gasteiger partial charge in [0.25, 0.3) is 0 Å². The van der Waals surface area contributed by atoms with E-state index in [1.807, 2.05) is 12.1 Å². The smallest absolute Gasteiger partial charge is 0.115 e. The van der Waals surface area contributed by atoms with Crippen molar-refractivity contribution < 1.29 is 5.11 Å². The molecular formula is C15H24O. The number of benzene rings is 1. The minimum atomic E-state index is 0.193. The van der Waals surface area contributed by atoms with Gasteiger partial charge in [-0.3, -0.25) is 0 Å². The van der Waals surface area contributed by atoms with E-state index in [4.69, 9.17) is 0 Å². The molecule has 0 amide bonds. The maximum atomic E-state index is 9.32. The summed E-state index contributed by atoms with van der Waals surface area (Å²) in [6.07, 6.45) is 3.71. The summed E-state index contributed by atoms with van der Waals surface area (Å²) in [5.41, 5.74) is 1.52. The molecule has 0 aliphatic carbocycles. The molecule has 1 N–H and O–H groups in total. The first-order valence-corrected chi connectivity index (χ1v) is 6.31. The van der Waals surface area contributed by atoms with E-state index < -0.39 is 0 Å². The molecular weight excluding hydrogens is 196 g/mol.